The van der Waals surface area contributed by atoms with E-state index in [0.717, 1.165) is 0 Å². The molecule has 1 N–H and O–H groups in total. The van der Waals surface area contributed by atoms with Gasteiger partial charge in [-0.1, -0.05) is 0 Å². The maximum atomic E-state index is 12.5. The van der Waals surface area contributed by atoms with Crippen LogP contribution in [0.4, 0.5) is 0 Å². The highest BCUT2D eigenvalue weighted by atomic mass is 32.2. The summed E-state index contributed by atoms with van der Waals surface area (Å²) in [7, 11) is -2.00. The maximum absolute atomic E-state index is 12.5. The second kappa shape index (κ2) is 4.93. The molecule has 106 valence electrons. The predicted octanol–water partition coefficient (Wildman–Crippen LogP) is 0.214. The van der Waals surface area contributed by atoms with Crippen molar-refractivity contribution < 1.29 is 18.3 Å². The van der Waals surface area contributed by atoms with Crippen molar-refractivity contribution in [2.75, 3.05) is 13.1 Å². The number of rotatable bonds is 3. The Kier molecular flexibility index (Phi) is 3.64. The molecule has 1 aliphatic heterocycles. The smallest absolute Gasteiger partial charge is 0.307 e. The number of sulfonamides is 1. The van der Waals surface area contributed by atoms with Crippen molar-refractivity contribution in [3.63, 3.8) is 0 Å². The van der Waals surface area contributed by atoms with Gasteiger partial charge in [0.2, 0.25) is 10.0 Å². The Morgan fingerprint density at radius 3 is 2.74 bits per heavy atom. The first-order chi connectivity index (χ1) is 8.82. The van der Waals surface area contributed by atoms with Gasteiger partial charge in [-0.25, -0.2) is 8.42 Å². The van der Waals surface area contributed by atoms with Gasteiger partial charge in [0.1, 0.15) is 4.90 Å². The molecule has 0 saturated carbocycles. The van der Waals surface area contributed by atoms with E-state index in [2.05, 4.69) is 5.10 Å². The number of nitrogens with zero attached hydrogens (tertiary/aromatic N) is 3. The van der Waals surface area contributed by atoms with Crippen LogP contribution in [0.3, 0.4) is 0 Å². The van der Waals surface area contributed by atoms with Gasteiger partial charge in [-0.15, -0.1) is 0 Å². The molecule has 1 saturated heterocycles. The summed E-state index contributed by atoms with van der Waals surface area (Å²) in [6.07, 6.45) is 2.54. The van der Waals surface area contributed by atoms with Gasteiger partial charge in [0.05, 0.1) is 11.6 Å². The van der Waals surface area contributed by atoms with Gasteiger partial charge < -0.3 is 5.11 Å². The number of carbonyl (C=O) groups is 1. The molecule has 0 spiro atoms. The molecule has 0 aliphatic carbocycles. The van der Waals surface area contributed by atoms with Gasteiger partial charge in [0.15, 0.2) is 0 Å². The number of hydrogen-bond donors (Lipinski definition) is 1. The lowest BCUT2D eigenvalue weighted by Gasteiger charge is -2.29. The van der Waals surface area contributed by atoms with Crippen LogP contribution in [0.2, 0.25) is 0 Å². The van der Waals surface area contributed by atoms with E-state index in [0.29, 0.717) is 25.1 Å². The van der Waals surface area contributed by atoms with E-state index in [-0.39, 0.29) is 11.4 Å². The van der Waals surface area contributed by atoms with Crippen molar-refractivity contribution >= 4 is 16.0 Å². The number of piperidine rings is 1. The zero-order valence-electron chi connectivity index (χ0n) is 10.9. The van der Waals surface area contributed by atoms with Crippen LogP contribution in [-0.2, 0) is 21.9 Å². The van der Waals surface area contributed by atoms with E-state index < -0.39 is 21.9 Å². The fraction of sp³-hybridized carbons (Fsp3) is 0.636. The van der Waals surface area contributed by atoms with Crippen LogP contribution >= 0.6 is 0 Å². The van der Waals surface area contributed by atoms with E-state index >= 15 is 0 Å². The molecule has 0 bridgehead atoms. The number of aliphatic carboxylic acids is 1. The molecule has 1 fully saturated rings. The quantitative estimate of drug-likeness (QED) is 0.858. The fourth-order valence-corrected chi connectivity index (χ4v) is 4.06. The zero-order chi connectivity index (χ0) is 14.2. The van der Waals surface area contributed by atoms with Gasteiger partial charge in [-0.3, -0.25) is 9.48 Å². The Morgan fingerprint density at radius 1 is 1.53 bits per heavy atom. The lowest BCUT2D eigenvalue weighted by molar-refractivity contribution is -0.142. The average Bonchev–Trinajstić information content (AvgIpc) is 2.69. The number of aromatic nitrogens is 2. The molecule has 1 aromatic heterocycles. The van der Waals surface area contributed by atoms with E-state index in [1.54, 1.807) is 14.0 Å². The summed E-state index contributed by atoms with van der Waals surface area (Å²) in [5, 5.41) is 13.0. The van der Waals surface area contributed by atoms with Crippen LogP contribution in [0.25, 0.3) is 0 Å². The number of carboxylic acids is 1. The fourth-order valence-electron chi connectivity index (χ4n) is 2.33. The van der Waals surface area contributed by atoms with Crippen molar-refractivity contribution in [2.45, 2.75) is 24.7 Å². The number of hydrogen-bond acceptors (Lipinski definition) is 4. The molecule has 0 unspecified atom stereocenters. The molecule has 1 atom stereocenters. The van der Waals surface area contributed by atoms with E-state index in [1.807, 2.05) is 0 Å². The molecule has 1 aliphatic rings. The molecular weight excluding hydrogens is 270 g/mol. The Morgan fingerprint density at radius 2 is 2.21 bits per heavy atom. The number of carboxylic acid groups (broad SMARTS) is 1. The average molecular weight is 287 g/mol. The van der Waals surface area contributed by atoms with Crippen molar-refractivity contribution in [3.8, 4) is 0 Å². The highest BCUT2D eigenvalue weighted by molar-refractivity contribution is 7.89. The van der Waals surface area contributed by atoms with E-state index in [4.69, 9.17) is 5.11 Å². The van der Waals surface area contributed by atoms with Crippen LogP contribution in [0, 0.1) is 12.8 Å². The van der Waals surface area contributed by atoms with Crippen LogP contribution in [0.5, 0.6) is 0 Å². The topological polar surface area (TPSA) is 92.5 Å². The lowest BCUT2D eigenvalue weighted by atomic mass is 10.0. The Balaban J connectivity index is 2.29. The van der Waals surface area contributed by atoms with Crippen molar-refractivity contribution in [1.82, 2.24) is 14.1 Å². The molecular formula is C11H17N3O4S. The molecule has 2 rings (SSSR count). The molecule has 0 aromatic carbocycles. The van der Waals surface area contributed by atoms with Crippen LogP contribution in [0.1, 0.15) is 18.5 Å². The van der Waals surface area contributed by atoms with E-state index in [9.17, 15) is 13.2 Å². The second-order valence-corrected chi connectivity index (χ2v) is 6.70. The van der Waals surface area contributed by atoms with Crippen molar-refractivity contribution in [1.29, 1.82) is 0 Å². The lowest BCUT2D eigenvalue weighted by Crippen LogP contribution is -2.42. The van der Waals surface area contributed by atoms with Gasteiger partial charge in [-0.2, -0.15) is 9.40 Å². The highest BCUT2D eigenvalue weighted by Crippen LogP contribution is 2.25. The Bertz CT molecular complexity index is 593. The van der Waals surface area contributed by atoms with Crippen LogP contribution in [0.15, 0.2) is 11.1 Å². The van der Waals surface area contributed by atoms with Gasteiger partial charge in [0.25, 0.3) is 0 Å². The van der Waals surface area contributed by atoms with E-state index in [1.165, 1.54) is 15.2 Å². The minimum Gasteiger partial charge on any atom is -0.481 e. The molecule has 7 nitrogen and oxygen atoms in total. The summed E-state index contributed by atoms with van der Waals surface area (Å²) < 4.78 is 27.6. The molecule has 2 heterocycles. The van der Waals surface area contributed by atoms with Crippen LogP contribution in [-0.4, -0.2) is 46.7 Å². The minimum absolute atomic E-state index is 0.0337. The monoisotopic (exact) mass is 287 g/mol. The van der Waals surface area contributed by atoms with Gasteiger partial charge in [-0.05, 0) is 19.8 Å². The third-order valence-electron chi connectivity index (χ3n) is 3.32. The zero-order valence-corrected chi connectivity index (χ0v) is 11.7. The summed E-state index contributed by atoms with van der Waals surface area (Å²) in [5.74, 6) is -1.57. The highest BCUT2D eigenvalue weighted by Gasteiger charge is 2.34. The van der Waals surface area contributed by atoms with Gasteiger partial charge >= 0.3 is 5.97 Å². The second-order valence-electron chi connectivity index (χ2n) is 4.79. The molecule has 1 aromatic rings. The predicted molar refractivity (Wildman–Crippen MR) is 67.1 cm³/mol. The van der Waals surface area contributed by atoms with Crippen molar-refractivity contribution in [2.24, 2.45) is 13.0 Å². The standard InChI is InChI=1S/C11H17N3O4S/c1-8-10(7-13(2)12-8)19(17,18)14-5-3-4-9(6-14)11(15)16/h7,9H,3-6H2,1-2H3,(H,15,16)/t9-/m1/s1. The maximum Gasteiger partial charge on any atom is 0.307 e. The third-order valence-corrected chi connectivity index (χ3v) is 5.29. The summed E-state index contributed by atoms with van der Waals surface area (Å²) in [6.45, 7) is 2.03. The third kappa shape index (κ3) is 2.64. The molecule has 8 heteroatoms. The first-order valence-electron chi connectivity index (χ1n) is 6.05. The summed E-state index contributed by atoms with van der Waals surface area (Å²) in [4.78, 5) is 11.2. The first kappa shape index (κ1) is 14.0. The first-order valence-corrected chi connectivity index (χ1v) is 7.49. The minimum atomic E-state index is -3.65. The Hall–Kier alpha value is -1.41. The Labute approximate surface area is 111 Å². The molecule has 19 heavy (non-hydrogen) atoms. The molecule has 0 amide bonds. The van der Waals surface area contributed by atoms with Gasteiger partial charge in [0, 0.05) is 26.3 Å². The SMILES string of the molecule is Cc1nn(C)cc1S(=O)(=O)N1CCC[C@@H](C(=O)O)C1. The summed E-state index contributed by atoms with van der Waals surface area (Å²) in [6, 6.07) is 0. The molecule has 0 radical (unpaired) electrons. The summed E-state index contributed by atoms with van der Waals surface area (Å²) >= 11 is 0. The van der Waals surface area contributed by atoms with Crippen molar-refractivity contribution in [3.05, 3.63) is 11.9 Å². The normalized spacial score (nSPS) is 21.5. The largest absolute Gasteiger partial charge is 0.481 e. The summed E-state index contributed by atoms with van der Waals surface area (Å²) in [5.41, 5.74) is 0.431. The number of aryl methyl sites for hydroxylation is 2. The van der Waals surface area contributed by atoms with Crippen LogP contribution < -0.4 is 0 Å².